The van der Waals surface area contributed by atoms with Gasteiger partial charge in [-0.25, -0.2) is 0 Å². The molecule has 0 saturated heterocycles. The molecular formula is C8H14ClN3. The molecule has 0 radical (unpaired) electrons. The van der Waals surface area contributed by atoms with Gasteiger partial charge in [0.25, 0.3) is 0 Å². The van der Waals surface area contributed by atoms with E-state index in [1.54, 1.807) is 6.20 Å². The zero-order valence-corrected chi connectivity index (χ0v) is 7.86. The molecule has 0 aliphatic rings. The van der Waals surface area contributed by atoms with Crippen molar-refractivity contribution in [1.82, 2.24) is 10.3 Å². The molecule has 3 nitrogen and oxygen atoms in total. The highest BCUT2D eigenvalue weighted by molar-refractivity contribution is 6.30. The van der Waals surface area contributed by atoms with Crippen molar-refractivity contribution in [3.8, 4) is 0 Å². The van der Waals surface area contributed by atoms with Gasteiger partial charge in [0.15, 0.2) is 0 Å². The van der Waals surface area contributed by atoms with Gasteiger partial charge in [0.1, 0.15) is 0 Å². The van der Waals surface area contributed by atoms with Crippen LogP contribution in [0.15, 0.2) is 12.3 Å². The lowest BCUT2D eigenvalue weighted by atomic mass is 10.3. The third kappa shape index (κ3) is 2.85. The molecular weight excluding hydrogens is 174 g/mol. The summed E-state index contributed by atoms with van der Waals surface area (Å²) >= 11 is 5.73. The summed E-state index contributed by atoms with van der Waals surface area (Å²) in [5.41, 5.74) is 6.53. The van der Waals surface area contributed by atoms with Crippen LogP contribution in [0, 0.1) is 0 Å². The maximum atomic E-state index is 5.73. The molecule has 0 aliphatic carbocycles. The van der Waals surface area contributed by atoms with Crippen LogP contribution in [0.25, 0.3) is 0 Å². The highest BCUT2D eigenvalue weighted by Gasteiger charge is 1.99. The molecule has 0 fully saturated rings. The number of aromatic nitrogens is 1. The fraction of sp³-hybridized carbons (Fsp3) is 0.500. The van der Waals surface area contributed by atoms with Crippen molar-refractivity contribution in [3.63, 3.8) is 0 Å². The lowest BCUT2D eigenvalue weighted by Crippen LogP contribution is -2.32. The molecule has 0 bridgehead atoms. The number of aromatic amines is 1. The van der Waals surface area contributed by atoms with Crippen LogP contribution in [-0.4, -0.2) is 17.6 Å². The van der Waals surface area contributed by atoms with E-state index >= 15 is 0 Å². The van der Waals surface area contributed by atoms with E-state index in [1.165, 1.54) is 0 Å². The number of H-pyrrole nitrogens is 1. The van der Waals surface area contributed by atoms with Gasteiger partial charge in [0.05, 0.1) is 5.02 Å². The normalized spacial score (nSPS) is 13.2. The van der Waals surface area contributed by atoms with E-state index in [4.69, 9.17) is 17.3 Å². The first-order chi connectivity index (χ1) is 5.72. The molecule has 1 aromatic rings. The van der Waals surface area contributed by atoms with Crippen molar-refractivity contribution >= 4 is 11.6 Å². The van der Waals surface area contributed by atoms with E-state index in [0.717, 1.165) is 17.3 Å². The van der Waals surface area contributed by atoms with E-state index in [-0.39, 0.29) is 0 Å². The maximum Gasteiger partial charge on any atom is 0.0583 e. The Labute approximate surface area is 77.3 Å². The molecule has 68 valence electrons. The SMILES string of the molecule is C[C@H](CN)NCc1cc(Cl)c[nH]1. The molecule has 4 heteroatoms. The summed E-state index contributed by atoms with van der Waals surface area (Å²) in [5.74, 6) is 0. The van der Waals surface area contributed by atoms with Crippen LogP contribution in [-0.2, 0) is 6.54 Å². The minimum Gasteiger partial charge on any atom is -0.363 e. The summed E-state index contributed by atoms with van der Waals surface area (Å²) in [5, 5.41) is 3.99. The second kappa shape index (κ2) is 4.50. The Balaban J connectivity index is 2.33. The second-order valence-electron chi connectivity index (χ2n) is 2.86. The molecule has 0 unspecified atom stereocenters. The Morgan fingerprint density at radius 2 is 2.50 bits per heavy atom. The Kier molecular flexibility index (Phi) is 3.59. The summed E-state index contributed by atoms with van der Waals surface area (Å²) in [6, 6.07) is 2.24. The van der Waals surface area contributed by atoms with Crippen molar-refractivity contribution in [3.05, 3.63) is 23.0 Å². The van der Waals surface area contributed by atoms with Gasteiger partial charge in [0.2, 0.25) is 0 Å². The van der Waals surface area contributed by atoms with E-state index < -0.39 is 0 Å². The third-order valence-electron chi connectivity index (χ3n) is 1.70. The predicted molar refractivity (Wildman–Crippen MR) is 51.2 cm³/mol. The summed E-state index contributed by atoms with van der Waals surface area (Å²) in [4.78, 5) is 3.05. The first-order valence-electron chi connectivity index (χ1n) is 3.98. The minimum absolute atomic E-state index is 0.340. The van der Waals surface area contributed by atoms with Gasteiger partial charge in [-0.15, -0.1) is 0 Å². The third-order valence-corrected chi connectivity index (χ3v) is 1.92. The first kappa shape index (κ1) is 9.58. The number of halogens is 1. The molecule has 0 aromatic carbocycles. The Morgan fingerprint density at radius 1 is 1.75 bits per heavy atom. The van der Waals surface area contributed by atoms with Crippen LogP contribution in [0.5, 0.6) is 0 Å². The molecule has 1 atom stereocenters. The van der Waals surface area contributed by atoms with Crippen LogP contribution < -0.4 is 11.1 Å². The van der Waals surface area contributed by atoms with Crippen LogP contribution in [0.1, 0.15) is 12.6 Å². The van der Waals surface area contributed by atoms with Gasteiger partial charge in [-0.2, -0.15) is 0 Å². The summed E-state index contributed by atoms with van der Waals surface area (Å²) in [7, 11) is 0. The molecule has 0 aliphatic heterocycles. The number of hydrogen-bond donors (Lipinski definition) is 3. The lowest BCUT2D eigenvalue weighted by Gasteiger charge is -2.09. The number of nitrogens with one attached hydrogen (secondary N) is 2. The van der Waals surface area contributed by atoms with Gasteiger partial charge < -0.3 is 16.0 Å². The average Bonchev–Trinajstić information content (AvgIpc) is 2.47. The second-order valence-corrected chi connectivity index (χ2v) is 3.30. The van der Waals surface area contributed by atoms with E-state index in [0.29, 0.717) is 12.6 Å². The first-order valence-corrected chi connectivity index (χ1v) is 4.36. The Hall–Kier alpha value is -0.510. The molecule has 0 spiro atoms. The standard InChI is InChI=1S/C8H14ClN3/c1-6(3-10)11-5-8-2-7(9)4-12-8/h2,4,6,11-12H,3,5,10H2,1H3/t6-/m1/s1. The van der Waals surface area contributed by atoms with E-state index in [9.17, 15) is 0 Å². The highest BCUT2D eigenvalue weighted by atomic mass is 35.5. The molecule has 4 N–H and O–H groups in total. The van der Waals surface area contributed by atoms with Gasteiger partial charge >= 0.3 is 0 Å². The van der Waals surface area contributed by atoms with Crippen molar-refractivity contribution in [2.24, 2.45) is 5.73 Å². The van der Waals surface area contributed by atoms with Crippen molar-refractivity contribution in [2.75, 3.05) is 6.54 Å². The molecule has 12 heavy (non-hydrogen) atoms. The average molecular weight is 188 g/mol. The predicted octanol–water partition coefficient (Wildman–Crippen LogP) is 1.10. The minimum atomic E-state index is 0.340. The monoisotopic (exact) mass is 187 g/mol. The molecule has 0 saturated carbocycles. The van der Waals surface area contributed by atoms with Crippen LogP contribution >= 0.6 is 11.6 Å². The van der Waals surface area contributed by atoms with E-state index in [2.05, 4.69) is 10.3 Å². The fourth-order valence-electron chi connectivity index (χ4n) is 0.881. The van der Waals surface area contributed by atoms with Crippen molar-refractivity contribution < 1.29 is 0 Å². The Morgan fingerprint density at radius 3 is 3.00 bits per heavy atom. The largest absolute Gasteiger partial charge is 0.363 e. The van der Waals surface area contributed by atoms with E-state index in [1.807, 2.05) is 13.0 Å². The summed E-state index contributed by atoms with van der Waals surface area (Å²) in [6.07, 6.45) is 1.77. The number of rotatable bonds is 4. The maximum absolute atomic E-state index is 5.73. The van der Waals surface area contributed by atoms with Gasteiger partial charge in [-0.1, -0.05) is 11.6 Å². The zero-order chi connectivity index (χ0) is 8.97. The van der Waals surface area contributed by atoms with Gasteiger partial charge in [-0.05, 0) is 13.0 Å². The topological polar surface area (TPSA) is 53.8 Å². The highest BCUT2D eigenvalue weighted by Crippen LogP contribution is 2.08. The van der Waals surface area contributed by atoms with Crippen molar-refractivity contribution in [1.29, 1.82) is 0 Å². The fourth-order valence-corrected chi connectivity index (χ4v) is 1.07. The van der Waals surface area contributed by atoms with Gasteiger partial charge in [-0.3, -0.25) is 0 Å². The van der Waals surface area contributed by atoms with Crippen LogP contribution in [0.3, 0.4) is 0 Å². The zero-order valence-electron chi connectivity index (χ0n) is 7.10. The molecule has 0 amide bonds. The lowest BCUT2D eigenvalue weighted by molar-refractivity contribution is 0.552. The van der Waals surface area contributed by atoms with Crippen LogP contribution in [0.4, 0.5) is 0 Å². The van der Waals surface area contributed by atoms with Crippen molar-refractivity contribution in [2.45, 2.75) is 19.5 Å². The van der Waals surface area contributed by atoms with Gasteiger partial charge in [0, 0.05) is 31.0 Å². The quantitative estimate of drug-likeness (QED) is 0.662. The summed E-state index contributed by atoms with van der Waals surface area (Å²) in [6.45, 7) is 3.48. The van der Waals surface area contributed by atoms with Crippen LogP contribution in [0.2, 0.25) is 5.02 Å². The molecule has 1 aromatic heterocycles. The number of hydrogen-bond acceptors (Lipinski definition) is 2. The number of nitrogens with two attached hydrogens (primary N) is 1. The summed E-state index contributed by atoms with van der Waals surface area (Å²) < 4.78 is 0. The molecule has 1 rings (SSSR count). The smallest absolute Gasteiger partial charge is 0.0583 e. The Bertz CT molecular complexity index is 234. The molecule has 1 heterocycles.